The molecule has 6 nitrogen and oxygen atoms in total. The fourth-order valence-electron chi connectivity index (χ4n) is 4.35. The molecular weight excluding hydrogens is 370 g/mol. The highest BCUT2D eigenvalue weighted by molar-refractivity contribution is 8.14. The molecule has 3 aliphatic rings. The van der Waals surface area contributed by atoms with E-state index in [4.69, 9.17) is 4.98 Å². The van der Waals surface area contributed by atoms with Crippen molar-refractivity contribution in [2.24, 2.45) is 10.4 Å². The standard InChI is InChI=1S/C21H31N5OS/c27-19(22-10-14-26-12-5-13-26)21(8-2-1-3-9-21)16-17-6-4-7-18(24-17)25-20-23-11-15-28-20/h4,6-7H,1-3,5,8-16H2,(H,22,27)(H,23,24,25). The van der Waals surface area contributed by atoms with E-state index >= 15 is 0 Å². The van der Waals surface area contributed by atoms with E-state index in [1.165, 1.54) is 25.9 Å². The quantitative estimate of drug-likeness (QED) is 0.735. The van der Waals surface area contributed by atoms with Crippen LogP contribution in [-0.2, 0) is 11.2 Å². The number of amidine groups is 1. The summed E-state index contributed by atoms with van der Waals surface area (Å²) < 4.78 is 0. The van der Waals surface area contributed by atoms with E-state index in [0.717, 1.165) is 74.2 Å². The summed E-state index contributed by atoms with van der Waals surface area (Å²) in [7, 11) is 0. The summed E-state index contributed by atoms with van der Waals surface area (Å²) in [5.74, 6) is 2.08. The number of likely N-dealkylation sites (tertiary alicyclic amines) is 1. The van der Waals surface area contributed by atoms with Gasteiger partial charge >= 0.3 is 0 Å². The average Bonchev–Trinajstić information content (AvgIpc) is 3.17. The van der Waals surface area contributed by atoms with E-state index in [1.54, 1.807) is 11.8 Å². The third-order valence-corrected chi connectivity index (χ3v) is 6.99. The van der Waals surface area contributed by atoms with Crippen molar-refractivity contribution in [1.82, 2.24) is 15.2 Å². The predicted molar refractivity (Wildman–Crippen MR) is 116 cm³/mol. The molecule has 152 valence electrons. The minimum atomic E-state index is -0.307. The lowest BCUT2D eigenvalue weighted by molar-refractivity contribution is -0.133. The number of hydrogen-bond acceptors (Lipinski definition) is 6. The van der Waals surface area contributed by atoms with E-state index in [9.17, 15) is 4.79 Å². The minimum absolute atomic E-state index is 0.226. The number of aliphatic imine (C=N–C) groups is 1. The summed E-state index contributed by atoms with van der Waals surface area (Å²) in [4.78, 5) is 24.8. The highest BCUT2D eigenvalue weighted by atomic mass is 32.2. The van der Waals surface area contributed by atoms with Crippen molar-refractivity contribution in [2.75, 3.05) is 43.8 Å². The molecule has 4 rings (SSSR count). The molecule has 0 unspecified atom stereocenters. The highest BCUT2D eigenvalue weighted by Gasteiger charge is 2.39. The van der Waals surface area contributed by atoms with Gasteiger partial charge in [0, 0.05) is 31.0 Å². The summed E-state index contributed by atoms with van der Waals surface area (Å²) in [6.45, 7) is 4.95. The van der Waals surface area contributed by atoms with Gasteiger partial charge in [0.1, 0.15) is 5.82 Å². The van der Waals surface area contributed by atoms with Crippen LogP contribution in [0.1, 0.15) is 44.2 Å². The van der Waals surface area contributed by atoms with Crippen LogP contribution in [0.2, 0.25) is 0 Å². The van der Waals surface area contributed by atoms with Crippen LogP contribution in [0.5, 0.6) is 0 Å². The number of anilines is 1. The molecule has 0 radical (unpaired) electrons. The normalized spacial score (nSPS) is 21.6. The Labute approximate surface area is 172 Å². The molecular formula is C21H31N5OS. The van der Waals surface area contributed by atoms with E-state index < -0.39 is 0 Å². The van der Waals surface area contributed by atoms with Crippen molar-refractivity contribution < 1.29 is 4.79 Å². The second-order valence-corrected chi connectivity index (χ2v) is 9.23. The number of carbonyl (C=O) groups excluding carboxylic acids is 1. The second kappa shape index (κ2) is 9.27. The second-order valence-electron chi connectivity index (χ2n) is 8.14. The van der Waals surface area contributed by atoms with Crippen molar-refractivity contribution in [3.05, 3.63) is 23.9 Å². The first-order valence-electron chi connectivity index (χ1n) is 10.6. The Bertz CT molecular complexity index is 713. The molecule has 3 heterocycles. The lowest BCUT2D eigenvalue weighted by atomic mass is 9.70. The largest absolute Gasteiger partial charge is 0.354 e. The number of thioether (sulfide) groups is 1. The first kappa shape index (κ1) is 19.7. The monoisotopic (exact) mass is 401 g/mol. The van der Waals surface area contributed by atoms with Crippen molar-refractivity contribution >= 4 is 28.7 Å². The molecule has 7 heteroatoms. The van der Waals surface area contributed by atoms with Crippen LogP contribution >= 0.6 is 11.8 Å². The van der Waals surface area contributed by atoms with Crippen molar-refractivity contribution in [2.45, 2.75) is 44.9 Å². The van der Waals surface area contributed by atoms with Crippen LogP contribution in [-0.4, -0.2) is 59.4 Å². The van der Waals surface area contributed by atoms with Gasteiger partial charge in [-0.25, -0.2) is 4.98 Å². The summed E-state index contributed by atoms with van der Waals surface area (Å²) in [6, 6.07) is 6.06. The third kappa shape index (κ3) is 4.87. The molecule has 0 bridgehead atoms. The lowest BCUT2D eigenvalue weighted by Gasteiger charge is -2.36. The Morgan fingerprint density at radius 1 is 1.18 bits per heavy atom. The summed E-state index contributed by atoms with van der Waals surface area (Å²) >= 11 is 1.73. The maximum absolute atomic E-state index is 13.2. The summed E-state index contributed by atoms with van der Waals surface area (Å²) in [5.41, 5.74) is 0.687. The molecule has 2 aliphatic heterocycles. The van der Waals surface area contributed by atoms with Crippen molar-refractivity contribution in [1.29, 1.82) is 0 Å². The Morgan fingerprint density at radius 2 is 2.04 bits per heavy atom. The Balaban J connectivity index is 1.41. The number of rotatable bonds is 7. The molecule has 28 heavy (non-hydrogen) atoms. The molecule has 2 fully saturated rings. The number of amides is 1. The van der Waals surface area contributed by atoms with Gasteiger partial charge in [-0.05, 0) is 44.5 Å². The van der Waals surface area contributed by atoms with Crippen molar-refractivity contribution in [3.8, 4) is 0 Å². The van der Waals surface area contributed by atoms with Gasteiger partial charge in [-0.15, -0.1) is 0 Å². The SMILES string of the molecule is O=C(NCCN1CCC1)C1(Cc2cccc(NC3=NCCS3)n2)CCCCC1. The van der Waals surface area contributed by atoms with E-state index in [-0.39, 0.29) is 11.3 Å². The summed E-state index contributed by atoms with van der Waals surface area (Å²) in [5, 5.41) is 7.50. The summed E-state index contributed by atoms with van der Waals surface area (Å²) in [6.07, 6.45) is 7.43. The molecule has 1 saturated heterocycles. The molecule has 0 aromatic carbocycles. The van der Waals surface area contributed by atoms with Gasteiger partial charge in [0.25, 0.3) is 0 Å². The molecule has 1 amide bonds. The average molecular weight is 402 g/mol. The van der Waals surface area contributed by atoms with E-state index in [1.807, 2.05) is 12.1 Å². The Morgan fingerprint density at radius 3 is 2.75 bits per heavy atom. The van der Waals surface area contributed by atoms with Crippen LogP contribution < -0.4 is 10.6 Å². The third-order valence-electron chi connectivity index (χ3n) is 6.10. The fraction of sp³-hybridized carbons (Fsp3) is 0.667. The van der Waals surface area contributed by atoms with Crippen LogP contribution in [0.25, 0.3) is 0 Å². The molecule has 1 aliphatic carbocycles. The zero-order chi connectivity index (χ0) is 19.2. The lowest BCUT2D eigenvalue weighted by Crippen LogP contribution is -2.48. The number of pyridine rings is 1. The first-order chi connectivity index (χ1) is 13.7. The maximum Gasteiger partial charge on any atom is 0.226 e. The van der Waals surface area contributed by atoms with E-state index in [0.29, 0.717) is 0 Å². The number of nitrogens with zero attached hydrogens (tertiary/aromatic N) is 3. The molecule has 2 N–H and O–H groups in total. The molecule has 1 saturated carbocycles. The minimum Gasteiger partial charge on any atom is -0.354 e. The van der Waals surface area contributed by atoms with Gasteiger partial charge in [0.05, 0.1) is 12.0 Å². The van der Waals surface area contributed by atoms with Crippen LogP contribution in [0.3, 0.4) is 0 Å². The van der Waals surface area contributed by atoms with Crippen LogP contribution in [0, 0.1) is 5.41 Å². The number of nitrogens with one attached hydrogen (secondary N) is 2. The maximum atomic E-state index is 13.2. The number of carbonyl (C=O) groups is 1. The molecule has 0 atom stereocenters. The molecule has 1 aromatic heterocycles. The van der Waals surface area contributed by atoms with Crippen LogP contribution in [0.15, 0.2) is 23.2 Å². The van der Waals surface area contributed by atoms with Gasteiger partial charge in [0.2, 0.25) is 5.91 Å². The topological polar surface area (TPSA) is 69.6 Å². The Kier molecular flexibility index (Phi) is 6.52. The molecule has 1 aromatic rings. The number of hydrogen-bond donors (Lipinski definition) is 2. The number of aromatic nitrogens is 1. The molecule has 0 spiro atoms. The smallest absolute Gasteiger partial charge is 0.226 e. The zero-order valence-electron chi connectivity index (χ0n) is 16.6. The van der Waals surface area contributed by atoms with Crippen LogP contribution in [0.4, 0.5) is 5.82 Å². The van der Waals surface area contributed by atoms with Gasteiger partial charge in [-0.2, -0.15) is 0 Å². The highest BCUT2D eigenvalue weighted by Crippen LogP contribution is 2.39. The zero-order valence-corrected chi connectivity index (χ0v) is 17.4. The van der Waals surface area contributed by atoms with Gasteiger partial charge < -0.3 is 15.5 Å². The first-order valence-corrected chi connectivity index (χ1v) is 11.6. The van der Waals surface area contributed by atoms with Gasteiger partial charge in [0.15, 0.2) is 5.17 Å². The fourth-order valence-corrected chi connectivity index (χ4v) is 5.08. The van der Waals surface area contributed by atoms with Gasteiger partial charge in [-0.1, -0.05) is 37.1 Å². The van der Waals surface area contributed by atoms with Gasteiger partial charge in [-0.3, -0.25) is 9.79 Å². The van der Waals surface area contributed by atoms with E-state index in [2.05, 4.69) is 26.6 Å². The van der Waals surface area contributed by atoms with Crippen molar-refractivity contribution in [3.63, 3.8) is 0 Å². The Hall–Kier alpha value is -1.60. The predicted octanol–water partition coefficient (Wildman–Crippen LogP) is 2.91.